The molecule has 1 amide bonds. The van der Waals surface area contributed by atoms with E-state index in [4.69, 9.17) is 5.11 Å². The average Bonchev–Trinajstić information content (AvgIpc) is 2.87. The summed E-state index contributed by atoms with van der Waals surface area (Å²) >= 11 is 0. The van der Waals surface area contributed by atoms with Crippen molar-refractivity contribution in [2.45, 2.75) is 47.1 Å². The summed E-state index contributed by atoms with van der Waals surface area (Å²) in [7, 11) is 0. The van der Waals surface area contributed by atoms with Crippen LogP contribution in [-0.2, 0) is 0 Å². The molecule has 0 aromatic carbocycles. The number of pyridine rings is 1. The van der Waals surface area contributed by atoms with Gasteiger partial charge in [-0.25, -0.2) is 9.67 Å². The summed E-state index contributed by atoms with van der Waals surface area (Å²) in [5.41, 5.74) is 1.98. The van der Waals surface area contributed by atoms with E-state index in [-0.39, 0.29) is 24.0 Å². The maximum absolute atomic E-state index is 12.6. The van der Waals surface area contributed by atoms with Gasteiger partial charge in [-0.15, -0.1) is 0 Å². The fraction of sp³-hybridized carbons (Fsp3) is 0.588. The molecule has 0 aliphatic rings. The number of amides is 1. The van der Waals surface area contributed by atoms with Crippen molar-refractivity contribution in [2.24, 2.45) is 5.41 Å². The van der Waals surface area contributed by atoms with Crippen LogP contribution in [0.3, 0.4) is 0 Å². The predicted octanol–water partition coefficient (Wildman–Crippen LogP) is 2.46. The van der Waals surface area contributed by atoms with E-state index in [1.807, 2.05) is 39.3 Å². The number of carbonyl (C=O) groups excluding carboxylic acids is 1. The van der Waals surface area contributed by atoms with Gasteiger partial charge in [-0.05, 0) is 38.7 Å². The van der Waals surface area contributed by atoms with E-state index in [1.54, 1.807) is 12.3 Å². The van der Waals surface area contributed by atoms with Crippen molar-refractivity contribution >= 4 is 16.9 Å². The number of nitrogens with one attached hydrogen (secondary N) is 1. The molecule has 0 unspecified atom stereocenters. The minimum absolute atomic E-state index is 0.114. The Morgan fingerprint density at radius 1 is 1.43 bits per heavy atom. The summed E-state index contributed by atoms with van der Waals surface area (Å²) in [4.78, 5) is 17.1. The third kappa shape index (κ3) is 3.88. The Labute approximate surface area is 136 Å². The minimum atomic E-state index is -0.145. The Morgan fingerprint density at radius 3 is 2.74 bits per heavy atom. The maximum atomic E-state index is 12.6. The third-order valence-corrected chi connectivity index (χ3v) is 3.94. The first-order valence-electron chi connectivity index (χ1n) is 7.99. The van der Waals surface area contributed by atoms with Gasteiger partial charge in [0.25, 0.3) is 5.91 Å². The topological polar surface area (TPSA) is 80.0 Å². The van der Waals surface area contributed by atoms with Crippen LogP contribution in [0.1, 0.15) is 56.2 Å². The molecule has 0 spiro atoms. The lowest BCUT2D eigenvalue weighted by atomic mass is 9.89. The average molecular weight is 318 g/mol. The minimum Gasteiger partial charge on any atom is -0.396 e. The van der Waals surface area contributed by atoms with E-state index in [2.05, 4.69) is 15.4 Å². The van der Waals surface area contributed by atoms with Crippen LogP contribution in [0.5, 0.6) is 0 Å². The molecule has 0 bridgehead atoms. The number of aromatic nitrogens is 3. The van der Waals surface area contributed by atoms with Gasteiger partial charge in [0.05, 0.1) is 17.1 Å². The number of nitrogens with zero attached hydrogens (tertiary/aromatic N) is 3. The lowest BCUT2D eigenvalue weighted by Crippen LogP contribution is -2.34. The van der Waals surface area contributed by atoms with Crippen LogP contribution in [0, 0.1) is 12.3 Å². The number of aliphatic hydroxyl groups is 1. The zero-order valence-electron chi connectivity index (χ0n) is 14.6. The molecule has 6 nitrogen and oxygen atoms in total. The zero-order valence-corrected chi connectivity index (χ0v) is 14.6. The first-order valence-corrected chi connectivity index (χ1v) is 7.99. The van der Waals surface area contributed by atoms with Crippen molar-refractivity contribution in [3.63, 3.8) is 0 Å². The van der Waals surface area contributed by atoms with Gasteiger partial charge < -0.3 is 10.4 Å². The molecular weight excluding hydrogens is 292 g/mol. The van der Waals surface area contributed by atoms with E-state index in [0.717, 1.165) is 16.7 Å². The van der Waals surface area contributed by atoms with Crippen LogP contribution >= 0.6 is 0 Å². The molecule has 0 fully saturated rings. The second-order valence-corrected chi connectivity index (χ2v) is 7.05. The summed E-state index contributed by atoms with van der Waals surface area (Å²) in [6, 6.07) is 1.98. The van der Waals surface area contributed by atoms with Gasteiger partial charge in [-0.2, -0.15) is 5.10 Å². The summed E-state index contributed by atoms with van der Waals surface area (Å²) in [6.45, 7) is 10.6. The fourth-order valence-electron chi connectivity index (χ4n) is 2.51. The predicted molar refractivity (Wildman–Crippen MR) is 90.5 cm³/mol. The molecule has 0 radical (unpaired) electrons. The Balaban J connectivity index is 2.30. The zero-order chi connectivity index (χ0) is 17.2. The molecule has 2 aromatic rings. The molecular formula is C17H26N4O2. The van der Waals surface area contributed by atoms with Crippen molar-refractivity contribution in [1.29, 1.82) is 0 Å². The van der Waals surface area contributed by atoms with Gasteiger partial charge in [-0.3, -0.25) is 4.79 Å². The highest BCUT2D eigenvalue weighted by atomic mass is 16.3. The largest absolute Gasteiger partial charge is 0.396 e. The van der Waals surface area contributed by atoms with Gasteiger partial charge in [0, 0.05) is 24.9 Å². The van der Waals surface area contributed by atoms with Gasteiger partial charge in [0.1, 0.15) is 0 Å². The van der Waals surface area contributed by atoms with E-state index in [9.17, 15) is 4.79 Å². The fourth-order valence-corrected chi connectivity index (χ4v) is 2.51. The molecule has 0 atom stereocenters. The first-order chi connectivity index (χ1) is 10.7. The van der Waals surface area contributed by atoms with Crippen LogP contribution in [0.15, 0.2) is 12.3 Å². The number of fused-ring (bicyclic) bond motifs is 1. The Bertz CT molecular complexity index is 704. The number of hydrogen-bond donors (Lipinski definition) is 2. The summed E-state index contributed by atoms with van der Waals surface area (Å²) in [6.07, 6.45) is 2.35. The normalized spacial score (nSPS) is 12.1. The summed E-state index contributed by atoms with van der Waals surface area (Å²) in [5.74, 6) is -0.130. The molecule has 2 heterocycles. The van der Waals surface area contributed by atoms with E-state index in [0.29, 0.717) is 18.5 Å². The monoisotopic (exact) mass is 318 g/mol. The van der Waals surface area contributed by atoms with Crippen molar-refractivity contribution in [3.8, 4) is 0 Å². The highest BCUT2D eigenvalue weighted by Gasteiger charge is 2.21. The Hall–Kier alpha value is -1.95. The van der Waals surface area contributed by atoms with Crippen molar-refractivity contribution in [3.05, 3.63) is 23.5 Å². The summed E-state index contributed by atoms with van der Waals surface area (Å²) in [5, 5.41) is 17.2. The summed E-state index contributed by atoms with van der Waals surface area (Å²) < 4.78 is 1.83. The highest BCUT2D eigenvalue weighted by molar-refractivity contribution is 6.05. The second-order valence-electron chi connectivity index (χ2n) is 7.05. The number of rotatable bonds is 6. The van der Waals surface area contributed by atoms with Crippen LogP contribution in [0.25, 0.3) is 11.0 Å². The lowest BCUT2D eigenvalue weighted by Gasteiger charge is -2.23. The van der Waals surface area contributed by atoms with Gasteiger partial charge in [-0.1, -0.05) is 13.8 Å². The molecule has 126 valence electrons. The van der Waals surface area contributed by atoms with Crippen LogP contribution < -0.4 is 5.32 Å². The number of aryl methyl sites for hydroxylation is 1. The van der Waals surface area contributed by atoms with Crippen molar-refractivity contribution in [1.82, 2.24) is 20.1 Å². The number of hydrogen-bond acceptors (Lipinski definition) is 4. The molecule has 2 N–H and O–H groups in total. The molecule has 23 heavy (non-hydrogen) atoms. The second kappa shape index (κ2) is 6.66. The molecule has 0 saturated carbocycles. The van der Waals surface area contributed by atoms with Gasteiger partial charge in [0.2, 0.25) is 0 Å². The smallest absolute Gasteiger partial charge is 0.252 e. The first kappa shape index (κ1) is 17.4. The SMILES string of the molecule is Cc1cc(C(=O)NCC(C)(C)CCO)c2cnn(C(C)C)c2n1. The maximum Gasteiger partial charge on any atom is 0.252 e. The third-order valence-electron chi connectivity index (χ3n) is 3.94. The van der Waals surface area contributed by atoms with Crippen LogP contribution in [-0.4, -0.2) is 38.9 Å². The molecule has 0 aliphatic heterocycles. The Morgan fingerprint density at radius 2 is 2.13 bits per heavy atom. The van der Waals surface area contributed by atoms with E-state index < -0.39 is 0 Å². The van der Waals surface area contributed by atoms with Gasteiger partial charge >= 0.3 is 0 Å². The Kier molecular flexibility index (Phi) is 5.04. The van der Waals surface area contributed by atoms with Crippen LogP contribution in [0.2, 0.25) is 0 Å². The number of carbonyl (C=O) groups is 1. The van der Waals surface area contributed by atoms with Crippen molar-refractivity contribution < 1.29 is 9.90 Å². The highest BCUT2D eigenvalue weighted by Crippen LogP contribution is 2.22. The molecule has 0 saturated heterocycles. The molecule has 2 aromatic heterocycles. The quantitative estimate of drug-likeness (QED) is 0.857. The molecule has 0 aliphatic carbocycles. The van der Waals surface area contributed by atoms with Crippen LogP contribution in [0.4, 0.5) is 0 Å². The van der Waals surface area contributed by atoms with E-state index in [1.165, 1.54) is 0 Å². The standard InChI is InChI=1S/C17H26N4O2/c1-11(2)21-15-14(9-19-21)13(8-12(3)20-15)16(23)18-10-17(4,5)6-7-22/h8-9,11,22H,6-7,10H2,1-5H3,(H,18,23). The van der Waals surface area contributed by atoms with Gasteiger partial charge in [0.15, 0.2) is 5.65 Å². The molecule has 2 rings (SSSR count). The number of aliphatic hydroxyl groups excluding tert-OH is 1. The van der Waals surface area contributed by atoms with Crippen molar-refractivity contribution in [2.75, 3.05) is 13.2 Å². The molecule has 6 heteroatoms. The lowest BCUT2D eigenvalue weighted by molar-refractivity contribution is 0.0929. The van der Waals surface area contributed by atoms with E-state index >= 15 is 0 Å².